The number of thioether (sulfide) groups is 2. The first kappa shape index (κ1) is 16.5. The molecule has 0 unspecified atom stereocenters. The molecule has 0 amide bonds. The van der Waals surface area contributed by atoms with Crippen molar-refractivity contribution in [1.29, 1.82) is 0 Å². The average Bonchev–Trinajstić information content (AvgIpc) is 2.88. The fourth-order valence-corrected chi connectivity index (χ4v) is 3.65. The molecule has 0 saturated heterocycles. The number of hydrogen-bond acceptors (Lipinski definition) is 7. The Labute approximate surface area is 133 Å². The first-order chi connectivity index (χ1) is 10.2. The summed E-state index contributed by atoms with van der Waals surface area (Å²) < 4.78 is 25.3. The molecule has 1 aromatic heterocycles. The molecule has 0 radical (unpaired) electrons. The quantitative estimate of drug-likeness (QED) is 0.553. The van der Waals surface area contributed by atoms with Crippen LogP contribution in [0.2, 0.25) is 0 Å². The van der Waals surface area contributed by atoms with Crippen LogP contribution in [0, 0.1) is 0 Å². The Hall–Kier alpha value is -0.900. The number of benzene rings is 1. The molecule has 4 nitrogen and oxygen atoms in total. The Bertz CT molecular complexity index is 551. The van der Waals surface area contributed by atoms with Crippen LogP contribution in [-0.4, -0.2) is 33.4 Å². The van der Waals surface area contributed by atoms with E-state index in [0.717, 1.165) is 22.2 Å². The lowest BCUT2D eigenvalue weighted by molar-refractivity contribution is 0.252. The molecule has 0 aliphatic heterocycles. The fraction of sp³-hybridized carbons (Fsp3) is 0.333. The minimum Gasteiger partial charge on any atom is -0.396 e. The molecule has 114 valence electrons. The van der Waals surface area contributed by atoms with Crippen LogP contribution in [0.4, 0.5) is 19.6 Å². The Balaban J connectivity index is 1.89. The largest absolute Gasteiger partial charge is 0.396 e. The Morgan fingerprint density at radius 3 is 2.67 bits per heavy atom. The topological polar surface area (TPSA) is 58.0 Å². The van der Waals surface area contributed by atoms with Crippen LogP contribution in [-0.2, 0) is 0 Å². The molecule has 0 bridgehead atoms. The van der Waals surface area contributed by atoms with Crippen molar-refractivity contribution in [1.82, 2.24) is 10.2 Å². The van der Waals surface area contributed by atoms with E-state index in [9.17, 15) is 8.78 Å². The van der Waals surface area contributed by atoms with Crippen molar-refractivity contribution in [3.8, 4) is 0 Å². The number of aromatic nitrogens is 2. The van der Waals surface area contributed by atoms with Crippen LogP contribution in [0.1, 0.15) is 6.42 Å². The average molecular weight is 349 g/mol. The highest BCUT2D eigenvalue weighted by molar-refractivity contribution is 8.01. The molecule has 0 aliphatic carbocycles. The Kier molecular flexibility index (Phi) is 6.68. The minimum absolute atomic E-state index is 0.167. The van der Waals surface area contributed by atoms with Gasteiger partial charge in [-0.3, -0.25) is 0 Å². The maximum Gasteiger partial charge on any atom is 0.288 e. The zero-order chi connectivity index (χ0) is 15.1. The summed E-state index contributed by atoms with van der Waals surface area (Å²) in [6.45, 7) is 0.167. The number of nitrogens with one attached hydrogen (secondary N) is 1. The molecule has 2 N–H and O–H groups in total. The summed E-state index contributed by atoms with van der Waals surface area (Å²) in [6, 6.07) is 6.73. The van der Waals surface area contributed by atoms with Gasteiger partial charge in [-0.05, 0) is 30.7 Å². The smallest absolute Gasteiger partial charge is 0.288 e. The third-order valence-electron chi connectivity index (χ3n) is 2.27. The summed E-state index contributed by atoms with van der Waals surface area (Å²) >= 11 is 3.48. The van der Waals surface area contributed by atoms with Gasteiger partial charge in [-0.2, -0.15) is 8.78 Å². The predicted octanol–water partition coefficient (Wildman–Crippen LogP) is 4.07. The highest BCUT2D eigenvalue weighted by Gasteiger charge is 2.07. The maximum atomic E-state index is 12.2. The van der Waals surface area contributed by atoms with E-state index in [1.807, 2.05) is 0 Å². The second-order valence-electron chi connectivity index (χ2n) is 3.83. The number of alkyl halides is 2. The predicted molar refractivity (Wildman–Crippen MR) is 83.9 cm³/mol. The first-order valence-electron chi connectivity index (χ1n) is 6.06. The van der Waals surface area contributed by atoms with E-state index in [2.05, 4.69) is 15.5 Å². The van der Waals surface area contributed by atoms with Crippen molar-refractivity contribution in [2.45, 2.75) is 21.4 Å². The normalized spacial score (nSPS) is 11.0. The number of rotatable bonds is 8. The molecule has 0 spiro atoms. The van der Waals surface area contributed by atoms with E-state index >= 15 is 0 Å². The monoisotopic (exact) mass is 349 g/mol. The minimum atomic E-state index is -2.41. The lowest BCUT2D eigenvalue weighted by Crippen LogP contribution is -1.89. The molecule has 0 saturated carbocycles. The van der Waals surface area contributed by atoms with Gasteiger partial charge in [-0.1, -0.05) is 34.9 Å². The van der Waals surface area contributed by atoms with Crippen molar-refractivity contribution in [3.63, 3.8) is 0 Å². The molecular formula is C12H13F2N3OS3. The van der Waals surface area contributed by atoms with Crippen molar-refractivity contribution < 1.29 is 13.9 Å². The maximum absolute atomic E-state index is 12.2. The number of anilines is 2. The molecule has 0 atom stereocenters. The zero-order valence-electron chi connectivity index (χ0n) is 10.8. The lowest BCUT2D eigenvalue weighted by Gasteiger charge is -2.03. The van der Waals surface area contributed by atoms with Crippen LogP contribution in [0.3, 0.4) is 0 Å². The summed E-state index contributed by atoms with van der Waals surface area (Å²) in [4.78, 5) is 0.521. The van der Waals surface area contributed by atoms with Gasteiger partial charge in [0.25, 0.3) is 5.76 Å². The van der Waals surface area contributed by atoms with Gasteiger partial charge in [0.2, 0.25) is 5.13 Å². The second-order valence-corrected chi connectivity index (χ2v) is 7.21. The molecule has 1 heterocycles. The van der Waals surface area contributed by atoms with Gasteiger partial charge in [-0.25, -0.2) is 0 Å². The van der Waals surface area contributed by atoms with Gasteiger partial charge >= 0.3 is 0 Å². The van der Waals surface area contributed by atoms with Crippen LogP contribution >= 0.6 is 34.9 Å². The third-order valence-corrected chi connectivity index (χ3v) is 5.05. The van der Waals surface area contributed by atoms with Crippen LogP contribution in [0.15, 0.2) is 33.5 Å². The van der Waals surface area contributed by atoms with E-state index in [0.29, 0.717) is 21.8 Å². The van der Waals surface area contributed by atoms with Crippen LogP contribution < -0.4 is 5.32 Å². The van der Waals surface area contributed by atoms with Gasteiger partial charge in [-0.15, -0.1) is 10.2 Å². The summed E-state index contributed by atoms with van der Waals surface area (Å²) in [5, 5.41) is 20.5. The Morgan fingerprint density at radius 2 is 2.00 bits per heavy atom. The Morgan fingerprint density at radius 1 is 1.24 bits per heavy atom. The van der Waals surface area contributed by atoms with Crippen molar-refractivity contribution in [2.75, 3.05) is 17.7 Å². The van der Waals surface area contributed by atoms with Gasteiger partial charge < -0.3 is 10.4 Å². The van der Waals surface area contributed by atoms with Crippen LogP contribution in [0.5, 0.6) is 0 Å². The van der Waals surface area contributed by atoms with Gasteiger partial charge in [0, 0.05) is 22.9 Å². The molecule has 2 aromatic rings. The number of halogens is 2. The van der Waals surface area contributed by atoms with Crippen molar-refractivity contribution >= 4 is 45.7 Å². The molecule has 2 rings (SSSR count). The second kappa shape index (κ2) is 8.52. The number of aliphatic hydroxyl groups excluding tert-OH is 1. The highest BCUT2D eigenvalue weighted by Crippen LogP contribution is 2.30. The van der Waals surface area contributed by atoms with E-state index in [1.54, 1.807) is 36.0 Å². The standard InChI is InChI=1S/C12H13F2N3OS3/c13-10(14)20-9-4-2-8(3-5-9)15-11-16-17-12(21-11)19-7-1-6-18/h2-5,10,18H,1,6-7H2,(H,15,16). The molecule has 0 aliphatic rings. The third kappa shape index (κ3) is 5.77. The van der Waals surface area contributed by atoms with Crippen molar-refractivity contribution in [2.24, 2.45) is 0 Å². The zero-order valence-corrected chi connectivity index (χ0v) is 13.3. The van der Waals surface area contributed by atoms with Gasteiger partial charge in [0.05, 0.1) is 0 Å². The summed E-state index contributed by atoms with van der Waals surface area (Å²) in [5.74, 6) is -1.62. The lowest BCUT2D eigenvalue weighted by atomic mass is 10.3. The van der Waals surface area contributed by atoms with Crippen LogP contribution in [0.25, 0.3) is 0 Å². The molecule has 9 heteroatoms. The number of hydrogen-bond donors (Lipinski definition) is 2. The highest BCUT2D eigenvalue weighted by atomic mass is 32.2. The van der Waals surface area contributed by atoms with E-state index in [4.69, 9.17) is 5.11 Å². The van der Waals surface area contributed by atoms with E-state index in [-0.39, 0.29) is 6.61 Å². The molecule has 1 aromatic carbocycles. The number of aliphatic hydroxyl groups is 1. The summed E-state index contributed by atoms with van der Waals surface area (Å²) in [7, 11) is 0. The summed E-state index contributed by atoms with van der Waals surface area (Å²) in [5.41, 5.74) is 0.775. The SMILES string of the molecule is OCCCSc1nnc(Nc2ccc(SC(F)F)cc2)s1. The molecular weight excluding hydrogens is 336 g/mol. The molecule has 0 fully saturated rings. The van der Waals surface area contributed by atoms with Gasteiger partial charge in [0.15, 0.2) is 4.34 Å². The van der Waals surface area contributed by atoms with Gasteiger partial charge in [0.1, 0.15) is 0 Å². The number of nitrogens with zero attached hydrogens (tertiary/aromatic N) is 2. The fourth-order valence-electron chi connectivity index (χ4n) is 1.39. The van der Waals surface area contributed by atoms with E-state index in [1.165, 1.54) is 11.3 Å². The van der Waals surface area contributed by atoms with E-state index < -0.39 is 5.76 Å². The summed E-state index contributed by atoms with van der Waals surface area (Å²) in [6.07, 6.45) is 0.719. The first-order valence-corrected chi connectivity index (χ1v) is 8.74. The molecule has 21 heavy (non-hydrogen) atoms. The van der Waals surface area contributed by atoms with Crippen molar-refractivity contribution in [3.05, 3.63) is 24.3 Å².